The molecule has 2 aromatic rings. The van der Waals surface area contributed by atoms with Gasteiger partial charge in [-0.2, -0.15) is 17.5 Å². The summed E-state index contributed by atoms with van der Waals surface area (Å²) in [6.07, 6.45) is -3.39. The Kier molecular flexibility index (Phi) is 11.1. The molecule has 0 bridgehead atoms. The Labute approximate surface area is 218 Å². The molecular formula is C24H29F3N4O6S. The second-order valence-corrected chi connectivity index (χ2v) is 10.2. The van der Waals surface area contributed by atoms with Gasteiger partial charge in [0.1, 0.15) is 18.2 Å². The number of ether oxygens (including phenoxy) is 1. The summed E-state index contributed by atoms with van der Waals surface area (Å²) in [6, 6.07) is 15.4. The molecule has 1 saturated heterocycles. The van der Waals surface area contributed by atoms with E-state index in [1.165, 1.54) is 4.31 Å². The van der Waals surface area contributed by atoms with Crippen molar-refractivity contribution in [2.75, 3.05) is 26.2 Å². The van der Waals surface area contributed by atoms with E-state index in [1.807, 2.05) is 0 Å². The number of nitrogens with zero attached hydrogens (tertiary/aromatic N) is 1. The van der Waals surface area contributed by atoms with Gasteiger partial charge in [0, 0.05) is 25.1 Å². The minimum Gasteiger partial charge on any atom is -0.492 e. The molecule has 208 valence electrons. The van der Waals surface area contributed by atoms with Crippen molar-refractivity contribution >= 4 is 27.7 Å². The van der Waals surface area contributed by atoms with Gasteiger partial charge in [-0.3, -0.25) is 10.2 Å². The minimum atomic E-state index is -5.08. The Hall–Kier alpha value is -3.65. The summed E-state index contributed by atoms with van der Waals surface area (Å²) in [5, 5.41) is 17.4. The van der Waals surface area contributed by atoms with Gasteiger partial charge in [0.05, 0.1) is 11.4 Å². The van der Waals surface area contributed by atoms with Crippen LogP contribution in [-0.4, -0.2) is 68.0 Å². The number of rotatable bonds is 9. The molecule has 1 aliphatic rings. The van der Waals surface area contributed by atoms with Crippen molar-refractivity contribution in [3.05, 3.63) is 60.2 Å². The highest BCUT2D eigenvalue weighted by Crippen LogP contribution is 2.25. The summed E-state index contributed by atoms with van der Waals surface area (Å²) in [5.41, 5.74) is 6.05. The van der Waals surface area contributed by atoms with Crippen molar-refractivity contribution in [1.82, 2.24) is 9.62 Å². The normalized spacial score (nSPS) is 14.6. The first kappa shape index (κ1) is 30.6. The zero-order valence-electron chi connectivity index (χ0n) is 20.3. The Balaban J connectivity index is 0.000000638. The number of carboxylic acids is 1. The average Bonchev–Trinajstić information content (AvgIpc) is 2.87. The Morgan fingerprint density at radius 1 is 1.11 bits per heavy atom. The molecule has 3 rings (SSSR count). The number of halogens is 3. The number of carbonyl (C=O) groups excluding carboxylic acids is 1. The first-order chi connectivity index (χ1) is 17.8. The van der Waals surface area contributed by atoms with Crippen LogP contribution in [0, 0.1) is 11.3 Å². The number of hydrogen-bond acceptors (Lipinski definition) is 6. The van der Waals surface area contributed by atoms with Crippen LogP contribution < -0.4 is 15.8 Å². The molecule has 1 fully saturated rings. The predicted molar refractivity (Wildman–Crippen MR) is 132 cm³/mol. The van der Waals surface area contributed by atoms with Gasteiger partial charge in [-0.1, -0.05) is 30.3 Å². The fourth-order valence-electron chi connectivity index (χ4n) is 3.54. The van der Waals surface area contributed by atoms with Crippen molar-refractivity contribution in [2.45, 2.75) is 30.3 Å². The quantitative estimate of drug-likeness (QED) is 0.209. The SMILES string of the molecule is N=C(N)c1cccc(OCCNC(=O)CC2CCN(S(=O)(=O)c3ccccc3)CC2)c1.O=C(O)C(F)(F)F. The maximum Gasteiger partial charge on any atom is 0.490 e. The first-order valence-electron chi connectivity index (χ1n) is 11.5. The molecule has 1 aliphatic heterocycles. The van der Waals surface area contributed by atoms with Crippen molar-refractivity contribution in [2.24, 2.45) is 11.7 Å². The number of aliphatic carboxylic acids is 1. The van der Waals surface area contributed by atoms with Gasteiger partial charge in [-0.05, 0) is 43.0 Å². The Morgan fingerprint density at radius 3 is 2.26 bits per heavy atom. The number of nitrogen functional groups attached to an aromatic ring is 1. The summed E-state index contributed by atoms with van der Waals surface area (Å²) in [6.45, 7) is 1.51. The lowest BCUT2D eigenvalue weighted by molar-refractivity contribution is -0.192. The van der Waals surface area contributed by atoms with Gasteiger partial charge in [0.15, 0.2) is 0 Å². The number of alkyl halides is 3. The lowest BCUT2D eigenvalue weighted by atomic mass is 9.94. The molecule has 0 atom stereocenters. The zero-order valence-corrected chi connectivity index (χ0v) is 21.1. The van der Waals surface area contributed by atoms with Gasteiger partial charge < -0.3 is 20.9 Å². The summed E-state index contributed by atoms with van der Waals surface area (Å²) in [7, 11) is -3.47. The van der Waals surface area contributed by atoms with Gasteiger partial charge in [-0.25, -0.2) is 13.2 Å². The number of piperidine rings is 1. The molecule has 2 aromatic carbocycles. The molecule has 0 aliphatic carbocycles. The van der Waals surface area contributed by atoms with E-state index in [0.29, 0.717) is 61.7 Å². The van der Waals surface area contributed by atoms with E-state index in [-0.39, 0.29) is 17.7 Å². The fraction of sp³-hybridized carbons (Fsp3) is 0.375. The molecule has 10 nitrogen and oxygen atoms in total. The Bertz CT molecular complexity index is 1200. The third-order valence-electron chi connectivity index (χ3n) is 5.51. The van der Waals surface area contributed by atoms with Gasteiger partial charge in [0.2, 0.25) is 15.9 Å². The highest BCUT2D eigenvalue weighted by molar-refractivity contribution is 7.89. The summed E-state index contributed by atoms with van der Waals surface area (Å²) >= 11 is 0. The van der Waals surface area contributed by atoms with E-state index in [2.05, 4.69) is 5.32 Å². The molecule has 5 N–H and O–H groups in total. The average molecular weight is 559 g/mol. The van der Waals surface area contributed by atoms with Crippen LogP contribution in [0.4, 0.5) is 13.2 Å². The summed E-state index contributed by atoms with van der Waals surface area (Å²) < 4.78 is 64.2. The molecule has 1 amide bonds. The maximum absolute atomic E-state index is 12.7. The van der Waals surface area contributed by atoms with E-state index in [9.17, 15) is 26.4 Å². The monoisotopic (exact) mass is 558 g/mol. The molecule has 0 unspecified atom stereocenters. The minimum absolute atomic E-state index is 0.0265. The predicted octanol–water partition coefficient (Wildman–Crippen LogP) is 2.59. The van der Waals surface area contributed by atoms with E-state index in [1.54, 1.807) is 54.6 Å². The van der Waals surface area contributed by atoms with Crippen LogP contribution in [0.2, 0.25) is 0 Å². The van der Waals surface area contributed by atoms with Crippen LogP contribution in [0.15, 0.2) is 59.5 Å². The smallest absolute Gasteiger partial charge is 0.490 e. The second-order valence-electron chi connectivity index (χ2n) is 8.31. The number of benzene rings is 2. The van der Waals surface area contributed by atoms with Crippen LogP contribution >= 0.6 is 0 Å². The molecule has 0 aromatic heterocycles. The summed E-state index contributed by atoms with van der Waals surface area (Å²) in [4.78, 5) is 21.4. The number of sulfonamides is 1. The van der Waals surface area contributed by atoms with E-state index in [4.69, 9.17) is 25.8 Å². The third-order valence-corrected chi connectivity index (χ3v) is 7.42. The summed E-state index contributed by atoms with van der Waals surface area (Å²) in [5.74, 6) is -2.09. The molecule has 0 spiro atoms. The molecule has 0 radical (unpaired) electrons. The highest BCUT2D eigenvalue weighted by Gasteiger charge is 2.38. The van der Waals surface area contributed by atoms with E-state index in [0.717, 1.165) is 0 Å². The van der Waals surface area contributed by atoms with Gasteiger partial charge in [-0.15, -0.1) is 0 Å². The molecule has 38 heavy (non-hydrogen) atoms. The Morgan fingerprint density at radius 2 is 1.71 bits per heavy atom. The highest BCUT2D eigenvalue weighted by atomic mass is 32.2. The maximum atomic E-state index is 12.7. The zero-order chi connectivity index (χ0) is 28.3. The van der Waals surface area contributed by atoms with E-state index >= 15 is 0 Å². The number of amides is 1. The van der Waals surface area contributed by atoms with Gasteiger partial charge in [0.25, 0.3) is 0 Å². The van der Waals surface area contributed by atoms with Crippen molar-refractivity contribution in [3.8, 4) is 5.75 Å². The standard InChI is InChI=1S/C22H28N4O4S.C2HF3O2/c23-22(24)18-5-4-6-19(16-18)30-14-11-25-21(27)15-17-9-12-26(13-10-17)31(28,29)20-7-2-1-3-8-20;3-2(4,5)1(6)7/h1-8,16-17H,9-15H2,(H3,23,24)(H,25,27);(H,6,7). The van der Waals surface area contributed by atoms with Crippen LogP contribution in [0.5, 0.6) is 5.75 Å². The first-order valence-corrected chi connectivity index (χ1v) is 12.9. The number of carbonyl (C=O) groups is 2. The molecular weight excluding hydrogens is 529 g/mol. The molecule has 14 heteroatoms. The number of amidine groups is 1. The van der Waals surface area contributed by atoms with E-state index < -0.39 is 22.2 Å². The molecule has 1 heterocycles. The third kappa shape index (κ3) is 9.67. The topological polar surface area (TPSA) is 163 Å². The second kappa shape index (κ2) is 13.8. The van der Waals surface area contributed by atoms with Crippen molar-refractivity contribution in [3.63, 3.8) is 0 Å². The lowest BCUT2D eigenvalue weighted by Crippen LogP contribution is -2.39. The van der Waals surface area contributed by atoms with Crippen molar-refractivity contribution in [1.29, 1.82) is 5.41 Å². The number of hydrogen-bond donors (Lipinski definition) is 4. The number of nitrogens with one attached hydrogen (secondary N) is 2. The number of nitrogens with two attached hydrogens (primary N) is 1. The van der Waals surface area contributed by atoms with Gasteiger partial charge >= 0.3 is 12.1 Å². The number of carboxylic acid groups (broad SMARTS) is 1. The molecule has 0 saturated carbocycles. The largest absolute Gasteiger partial charge is 0.492 e. The van der Waals surface area contributed by atoms with Crippen LogP contribution in [0.3, 0.4) is 0 Å². The van der Waals surface area contributed by atoms with Crippen LogP contribution in [0.1, 0.15) is 24.8 Å². The van der Waals surface area contributed by atoms with Crippen molar-refractivity contribution < 1.29 is 41.0 Å². The van der Waals surface area contributed by atoms with Crippen LogP contribution in [0.25, 0.3) is 0 Å². The lowest BCUT2D eigenvalue weighted by Gasteiger charge is -2.31. The fourth-order valence-corrected chi connectivity index (χ4v) is 5.03. The van der Waals surface area contributed by atoms with Crippen LogP contribution in [-0.2, 0) is 19.6 Å².